The summed E-state index contributed by atoms with van der Waals surface area (Å²) in [5.74, 6) is 2.57. The van der Waals surface area contributed by atoms with E-state index in [1.807, 2.05) is 0 Å². The van der Waals surface area contributed by atoms with Crippen molar-refractivity contribution in [3.8, 4) is 5.75 Å². The molecular formula is C14H13Cl2N3O. The zero-order valence-corrected chi connectivity index (χ0v) is 12.4. The lowest BCUT2D eigenvalue weighted by Gasteiger charge is -2.11. The van der Waals surface area contributed by atoms with E-state index in [9.17, 15) is 0 Å². The minimum absolute atomic E-state index is 0.436. The topological polar surface area (TPSA) is 47.0 Å². The summed E-state index contributed by atoms with van der Waals surface area (Å²) in [5, 5.41) is 4.24. The van der Waals surface area contributed by atoms with E-state index in [0.29, 0.717) is 27.7 Å². The maximum atomic E-state index is 6.04. The highest BCUT2D eigenvalue weighted by molar-refractivity contribution is 6.31. The number of halogens is 2. The maximum Gasteiger partial charge on any atom is 0.142 e. The average Bonchev–Trinajstić information content (AvgIpc) is 3.22. The van der Waals surface area contributed by atoms with Crippen LogP contribution in [0.15, 0.2) is 24.3 Å². The zero-order valence-electron chi connectivity index (χ0n) is 10.9. The van der Waals surface area contributed by atoms with Gasteiger partial charge in [-0.1, -0.05) is 23.2 Å². The summed E-state index contributed by atoms with van der Waals surface area (Å²) in [4.78, 5) is 8.75. The van der Waals surface area contributed by atoms with E-state index in [-0.39, 0.29) is 0 Å². The van der Waals surface area contributed by atoms with Crippen LogP contribution in [0.25, 0.3) is 0 Å². The van der Waals surface area contributed by atoms with Gasteiger partial charge in [0.1, 0.15) is 22.5 Å². The molecule has 0 aliphatic heterocycles. The van der Waals surface area contributed by atoms with Crippen molar-refractivity contribution < 1.29 is 4.74 Å². The normalized spacial score (nSPS) is 14.2. The third-order valence-electron chi connectivity index (χ3n) is 3.08. The molecule has 104 valence electrons. The molecule has 3 rings (SSSR count). The van der Waals surface area contributed by atoms with E-state index in [2.05, 4.69) is 15.3 Å². The fourth-order valence-corrected chi connectivity index (χ4v) is 2.30. The van der Waals surface area contributed by atoms with Crippen molar-refractivity contribution in [2.24, 2.45) is 0 Å². The summed E-state index contributed by atoms with van der Waals surface area (Å²) in [5.41, 5.74) is 0.747. The fraction of sp³-hybridized carbons (Fsp3) is 0.286. The van der Waals surface area contributed by atoms with Gasteiger partial charge in [-0.15, -0.1) is 0 Å². The Balaban J connectivity index is 1.92. The Morgan fingerprint density at radius 3 is 2.70 bits per heavy atom. The van der Waals surface area contributed by atoms with Crippen LogP contribution in [-0.2, 0) is 0 Å². The molecule has 0 radical (unpaired) electrons. The van der Waals surface area contributed by atoms with E-state index < -0.39 is 0 Å². The van der Waals surface area contributed by atoms with Crippen LogP contribution in [0.3, 0.4) is 0 Å². The van der Waals surface area contributed by atoms with Crippen molar-refractivity contribution in [1.29, 1.82) is 0 Å². The summed E-state index contributed by atoms with van der Waals surface area (Å²) in [6.07, 6.45) is 2.25. The molecule has 2 aromatic rings. The first-order valence-electron chi connectivity index (χ1n) is 6.31. The molecule has 0 bridgehead atoms. The van der Waals surface area contributed by atoms with Crippen LogP contribution in [0.4, 0.5) is 11.5 Å². The van der Waals surface area contributed by atoms with Gasteiger partial charge in [0.05, 0.1) is 12.8 Å². The second kappa shape index (κ2) is 5.46. The number of aromatic nitrogens is 2. The molecule has 1 fully saturated rings. The lowest BCUT2D eigenvalue weighted by Crippen LogP contribution is -2.01. The van der Waals surface area contributed by atoms with Gasteiger partial charge in [-0.05, 0) is 31.0 Å². The average molecular weight is 310 g/mol. The molecule has 4 nitrogen and oxygen atoms in total. The summed E-state index contributed by atoms with van der Waals surface area (Å²) in [6, 6.07) is 7.05. The molecule has 0 atom stereocenters. The molecule has 0 spiro atoms. The van der Waals surface area contributed by atoms with Crippen molar-refractivity contribution in [3.05, 3.63) is 40.3 Å². The Kier molecular flexibility index (Phi) is 3.68. The van der Waals surface area contributed by atoms with Crippen molar-refractivity contribution in [2.75, 3.05) is 12.4 Å². The molecular weight excluding hydrogens is 297 g/mol. The predicted octanol–water partition coefficient (Wildman–Crippen LogP) is 4.41. The molecule has 1 aromatic carbocycles. The van der Waals surface area contributed by atoms with Crippen LogP contribution in [-0.4, -0.2) is 17.1 Å². The molecule has 0 saturated heterocycles. The Morgan fingerprint density at radius 1 is 1.20 bits per heavy atom. The van der Waals surface area contributed by atoms with E-state index >= 15 is 0 Å². The molecule has 1 heterocycles. The molecule has 1 aliphatic carbocycles. The van der Waals surface area contributed by atoms with E-state index in [1.54, 1.807) is 31.4 Å². The molecule has 1 N–H and O–H groups in total. The van der Waals surface area contributed by atoms with Gasteiger partial charge >= 0.3 is 0 Å². The molecule has 1 aliphatic rings. The van der Waals surface area contributed by atoms with Gasteiger partial charge in [0.15, 0.2) is 0 Å². The van der Waals surface area contributed by atoms with Gasteiger partial charge < -0.3 is 10.1 Å². The lowest BCUT2D eigenvalue weighted by molar-refractivity contribution is 0.417. The number of nitrogens with zero attached hydrogens (tertiary/aromatic N) is 2. The summed E-state index contributed by atoms with van der Waals surface area (Å²) < 4.78 is 5.30. The molecule has 0 amide bonds. The number of benzene rings is 1. The molecule has 1 saturated carbocycles. The first-order valence-corrected chi connectivity index (χ1v) is 7.06. The van der Waals surface area contributed by atoms with Gasteiger partial charge in [0.2, 0.25) is 0 Å². The highest BCUT2D eigenvalue weighted by Gasteiger charge is 2.27. The van der Waals surface area contributed by atoms with Gasteiger partial charge in [0.25, 0.3) is 0 Å². The molecule has 20 heavy (non-hydrogen) atoms. The monoisotopic (exact) mass is 309 g/mol. The van der Waals surface area contributed by atoms with E-state index in [1.165, 1.54) is 0 Å². The van der Waals surface area contributed by atoms with Crippen molar-refractivity contribution in [3.63, 3.8) is 0 Å². The second-order valence-corrected chi connectivity index (χ2v) is 5.50. The van der Waals surface area contributed by atoms with Crippen LogP contribution in [0.2, 0.25) is 10.2 Å². The molecule has 0 unspecified atom stereocenters. The summed E-state index contributed by atoms with van der Waals surface area (Å²) in [7, 11) is 1.61. The largest absolute Gasteiger partial charge is 0.495 e. The molecule has 1 aromatic heterocycles. The minimum Gasteiger partial charge on any atom is -0.495 e. The number of methoxy groups -OCH3 is 1. The van der Waals surface area contributed by atoms with Gasteiger partial charge in [-0.3, -0.25) is 0 Å². The number of hydrogen-bond donors (Lipinski definition) is 1. The smallest absolute Gasteiger partial charge is 0.142 e. The Hall–Kier alpha value is -1.52. The highest BCUT2D eigenvalue weighted by atomic mass is 35.5. The van der Waals surface area contributed by atoms with Crippen LogP contribution in [0.5, 0.6) is 5.75 Å². The number of hydrogen-bond acceptors (Lipinski definition) is 4. The van der Waals surface area contributed by atoms with Crippen LogP contribution >= 0.6 is 23.2 Å². The van der Waals surface area contributed by atoms with Crippen molar-refractivity contribution in [1.82, 2.24) is 9.97 Å². The Bertz CT molecular complexity index is 644. The summed E-state index contributed by atoms with van der Waals surface area (Å²) >= 11 is 12.1. The second-order valence-electron chi connectivity index (χ2n) is 4.68. The number of rotatable bonds is 4. The van der Waals surface area contributed by atoms with Crippen LogP contribution in [0, 0.1) is 0 Å². The number of anilines is 2. The Labute approximate surface area is 127 Å². The van der Waals surface area contributed by atoms with E-state index in [0.717, 1.165) is 24.4 Å². The number of nitrogens with one attached hydrogen (secondary N) is 1. The first-order chi connectivity index (χ1) is 9.65. The molecule has 6 heteroatoms. The predicted molar refractivity (Wildman–Crippen MR) is 80.3 cm³/mol. The van der Waals surface area contributed by atoms with Crippen molar-refractivity contribution in [2.45, 2.75) is 18.8 Å². The standard InChI is InChI=1S/C14H13Cl2N3O/c1-20-11-5-4-9(15)6-10(11)17-13-7-12(16)18-14(19-13)8-2-3-8/h4-8H,2-3H2,1H3,(H,17,18,19). The Morgan fingerprint density at radius 2 is 2.00 bits per heavy atom. The maximum absolute atomic E-state index is 6.04. The van der Waals surface area contributed by atoms with Gasteiger partial charge in [-0.25, -0.2) is 9.97 Å². The minimum atomic E-state index is 0.436. The third kappa shape index (κ3) is 2.97. The van der Waals surface area contributed by atoms with Crippen LogP contribution in [0.1, 0.15) is 24.6 Å². The summed E-state index contributed by atoms with van der Waals surface area (Å²) in [6.45, 7) is 0. The van der Waals surface area contributed by atoms with Crippen LogP contribution < -0.4 is 10.1 Å². The lowest BCUT2D eigenvalue weighted by atomic mass is 10.3. The fourth-order valence-electron chi connectivity index (χ4n) is 1.94. The van der Waals surface area contributed by atoms with Gasteiger partial charge in [0, 0.05) is 17.0 Å². The highest BCUT2D eigenvalue weighted by Crippen LogP contribution is 2.39. The quantitative estimate of drug-likeness (QED) is 0.850. The third-order valence-corrected chi connectivity index (χ3v) is 3.51. The number of ether oxygens (including phenoxy) is 1. The zero-order chi connectivity index (χ0) is 14.1. The SMILES string of the molecule is COc1ccc(Cl)cc1Nc1cc(Cl)nc(C2CC2)n1. The first kappa shape index (κ1) is 13.5. The van der Waals surface area contributed by atoms with Gasteiger partial charge in [-0.2, -0.15) is 0 Å². The van der Waals surface area contributed by atoms with Crippen molar-refractivity contribution >= 4 is 34.7 Å². The van der Waals surface area contributed by atoms with E-state index in [4.69, 9.17) is 27.9 Å².